The van der Waals surface area contributed by atoms with Crippen molar-refractivity contribution in [3.05, 3.63) is 22.7 Å². The van der Waals surface area contributed by atoms with Gasteiger partial charge in [-0.2, -0.15) is 0 Å². The number of aromatic nitrogens is 2. The quantitative estimate of drug-likeness (QED) is 0.731. The van der Waals surface area contributed by atoms with Crippen LogP contribution in [0.15, 0.2) is 17.2 Å². The van der Waals surface area contributed by atoms with Gasteiger partial charge >= 0.3 is 0 Å². The standard InChI is InChI=1S/C13H22N4O2/c1-2-17-9-7-15-12(13(17)18)16-8-10-19-11-3-5-14-6-4-11/h7,9,11,14H,2-6,8,10H2,1H3,(H,15,16). The van der Waals surface area contributed by atoms with Crippen LogP contribution in [0.2, 0.25) is 0 Å². The minimum Gasteiger partial charge on any atom is -0.376 e. The number of rotatable bonds is 6. The second-order valence-electron chi connectivity index (χ2n) is 4.61. The molecule has 0 radical (unpaired) electrons. The van der Waals surface area contributed by atoms with E-state index in [-0.39, 0.29) is 5.56 Å². The van der Waals surface area contributed by atoms with Gasteiger partial charge in [-0.15, -0.1) is 0 Å². The zero-order valence-electron chi connectivity index (χ0n) is 11.4. The SMILES string of the molecule is CCn1ccnc(NCCOC2CCNCC2)c1=O. The molecule has 0 atom stereocenters. The lowest BCUT2D eigenvalue weighted by Gasteiger charge is -2.22. The molecular formula is C13H22N4O2. The number of ether oxygens (including phenoxy) is 1. The number of piperidine rings is 1. The maximum atomic E-state index is 11.9. The van der Waals surface area contributed by atoms with Gasteiger partial charge in [0.25, 0.3) is 5.56 Å². The number of hydrogen-bond donors (Lipinski definition) is 2. The second kappa shape index (κ2) is 7.25. The first kappa shape index (κ1) is 14.0. The Morgan fingerprint density at radius 2 is 2.32 bits per heavy atom. The third-order valence-electron chi connectivity index (χ3n) is 3.29. The van der Waals surface area contributed by atoms with Crippen LogP contribution in [0.25, 0.3) is 0 Å². The van der Waals surface area contributed by atoms with E-state index >= 15 is 0 Å². The lowest BCUT2D eigenvalue weighted by molar-refractivity contribution is 0.0394. The molecule has 1 aliphatic heterocycles. The van der Waals surface area contributed by atoms with Crippen LogP contribution < -0.4 is 16.2 Å². The molecule has 19 heavy (non-hydrogen) atoms. The molecule has 0 unspecified atom stereocenters. The fourth-order valence-corrected chi connectivity index (χ4v) is 2.17. The summed E-state index contributed by atoms with van der Waals surface area (Å²) in [6.45, 7) is 5.86. The van der Waals surface area contributed by atoms with Crippen LogP contribution in [-0.4, -0.2) is 41.9 Å². The number of hydrogen-bond acceptors (Lipinski definition) is 5. The van der Waals surface area contributed by atoms with Gasteiger partial charge in [0, 0.05) is 25.5 Å². The number of nitrogens with one attached hydrogen (secondary N) is 2. The molecule has 0 spiro atoms. The van der Waals surface area contributed by atoms with Gasteiger partial charge in [-0.25, -0.2) is 4.98 Å². The number of anilines is 1. The molecule has 2 N–H and O–H groups in total. The minimum atomic E-state index is -0.0770. The lowest BCUT2D eigenvalue weighted by Crippen LogP contribution is -2.33. The van der Waals surface area contributed by atoms with Gasteiger partial charge in [0.05, 0.1) is 12.7 Å². The summed E-state index contributed by atoms with van der Waals surface area (Å²) in [5, 5.41) is 6.34. The van der Waals surface area contributed by atoms with Crippen molar-refractivity contribution in [1.29, 1.82) is 0 Å². The van der Waals surface area contributed by atoms with E-state index in [9.17, 15) is 4.79 Å². The highest BCUT2D eigenvalue weighted by molar-refractivity contribution is 5.30. The molecular weight excluding hydrogens is 244 g/mol. The maximum Gasteiger partial charge on any atom is 0.293 e. The van der Waals surface area contributed by atoms with Gasteiger partial charge in [-0.05, 0) is 32.9 Å². The van der Waals surface area contributed by atoms with E-state index in [1.54, 1.807) is 17.0 Å². The van der Waals surface area contributed by atoms with Gasteiger partial charge in [0.15, 0.2) is 5.82 Å². The molecule has 6 heteroatoms. The van der Waals surface area contributed by atoms with Gasteiger partial charge in [-0.1, -0.05) is 0 Å². The van der Waals surface area contributed by atoms with E-state index in [0.29, 0.717) is 31.6 Å². The van der Waals surface area contributed by atoms with Gasteiger partial charge < -0.3 is 19.9 Å². The van der Waals surface area contributed by atoms with Crippen LogP contribution >= 0.6 is 0 Å². The summed E-state index contributed by atoms with van der Waals surface area (Å²) in [7, 11) is 0. The lowest BCUT2D eigenvalue weighted by atomic mass is 10.1. The van der Waals surface area contributed by atoms with E-state index in [2.05, 4.69) is 15.6 Å². The first-order chi connectivity index (χ1) is 9.31. The average molecular weight is 266 g/mol. The van der Waals surface area contributed by atoms with Crippen LogP contribution in [-0.2, 0) is 11.3 Å². The zero-order valence-corrected chi connectivity index (χ0v) is 11.4. The van der Waals surface area contributed by atoms with Crippen LogP contribution in [0.1, 0.15) is 19.8 Å². The molecule has 1 saturated heterocycles. The molecule has 0 saturated carbocycles. The molecule has 1 aromatic rings. The van der Waals surface area contributed by atoms with Crippen LogP contribution in [0, 0.1) is 0 Å². The summed E-state index contributed by atoms with van der Waals surface area (Å²) in [4.78, 5) is 15.9. The Morgan fingerprint density at radius 3 is 3.05 bits per heavy atom. The normalized spacial score (nSPS) is 16.5. The van der Waals surface area contributed by atoms with Crippen molar-refractivity contribution < 1.29 is 4.74 Å². The molecule has 1 aromatic heterocycles. The van der Waals surface area contributed by atoms with Crippen molar-refractivity contribution in [3.63, 3.8) is 0 Å². The van der Waals surface area contributed by atoms with Crippen LogP contribution in [0.5, 0.6) is 0 Å². The summed E-state index contributed by atoms with van der Waals surface area (Å²) in [5.74, 6) is 0.401. The molecule has 6 nitrogen and oxygen atoms in total. The average Bonchev–Trinajstić information content (AvgIpc) is 2.46. The molecule has 0 amide bonds. The molecule has 0 aromatic carbocycles. The Labute approximate surface area is 113 Å². The number of nitrogens with zero attached hydrogens (tertiary/aromatic N) is 2. The monoisotopic (exact) mass is 266 g/mol. The van der Waals surface area contributed by atoms with Crippen molar-refractivity contribution in [2.24, 2.45) is 0 Å². The Bertz CT molecular complexity index is 441. The predicted octanol–water partition coefficient (Wildman–Crippen LogP) is 0.444. The highest BCUT2D eigenvalue weighted by Crippen LogP contribution is 2.06. The molecule has 1 aliphatic rings. The molecule has 0 bridgehead atoms. The molecule has 2 rings (SSSR count). The van der Waals surface area contributed by atoms with E-state index in [1.807, 2.05) is 6.92 Å². The fourth-order valence-electron chi connectivity index (χ4n) is 2.17. The predicted molar refractivity (Wildman–Crippen MR) is 74.5 cm³/mol. The van der Waals surface area contributed by atoms with E-state index in [1.165, 1.54) is 0 Å². The molecule has 0 aliphatic carbocycles. The first-order valence-electron chi connectivity index (χ1n) is 6.93. The van der Waals surface area contributed by atoms with E-state index in [0.717, 1.165) is 25.9 Å². The van der Waals surface area contributed by atoms with Gasteiger partial charge in [-0.3, -0.25) is 4.79 Å². The zero-order chi connectivity index (χ0) is 13.5. The maximum absolute atomic E-state index is 11.9. The summed E-state index contributed by atoms with van der Waals surface area (Å²) in [6, 6.07) is 0. The minimum absolute atomic E-state index is 0.0770. The fraction of sp³-hybridized carbons (Fsp3) is 0.692. The van der Waals surface area contributed by atoms with Crippen molar-refractivity contribution in [2.75, 3.05) is 31.6 Å². The van der Waals surface area contributed by atoms with Crippen LogP contribution in [0.3, 0.4) is 0 Å². The number of aryl methyl sites for hydroxylation is 1. The Hall–Kier alpha value is -1.40. The summed E-state index contributed by atoms with van der Waals surface area (Å²) in [6.07, 6.45) is 5.80. The highest BCUT2D eigenvalue weighted by Gasteiger charge is 2.12. The van der Waals surface area contributed by atoms with E-state index < -0.39 is 0 Å². The third-order valence-corrected chi connectivity index (χ3v) is 3.29. The second-order valence-corrected chi connectivity index (χ2v) is 4.61. The largest absolute Gasteiger partial charge is 0.376 e. The van der Waals surface area contributed by atoms with Crippen molar-refractivity contribution >= 4 is 5.82 Å². The van der Waals surface area contributed by atoms with Gasteiger partial charge in [0.2, 0.25) is 0 Å². The Kier molecular flexibility index (Phi) is 5.35. The third kappa shape index (κ3) is 4.04. The van der Waals surface area contributed by atoms with Crippen molar-refractivity contribution in [1.82, 2.24) is 14.9 Å². The van der Waals surface area contributed by atoms with Gasteiger partial charge in [0.1, 0.15) is 0 Å². The van der Waals surface area contributed by atoms with Crippen molar-refractivity contribution in [2.45, 2.75) is 32.4 Å². The highest BCUT2D eigenvalue weighted by atomic mass is 16.5. The van der Waals surface area contributed by atoms with E-state index in [4.69, 9.17) is 4.74 Å². The topological polar surface area (TPSA) is 68.2 Å². The molecule has 106 valence electrons. The summed E-state index contributed by atoms with van der Waals surface area (Å²) < 4.78 is 7.39. The summed E-state index contributed by atoms with van der Waals surface area (Å²) >= 11 is 0. The first-order valence-corrected chi connectivity index (χ1v) is 6.93. The molecule has 1 fully saturated rings. The molecule has 2 heterocycles. The van der Waals surface area contributed by atoms with Crippen LogP contribution in [0.4, 0.5) is 5.82 Å². The Balaban J connectivity index is 1.75. The van der Waals surface area contributed by atoms with Crippen molar-refractivity contribution in [3.8, 4) is 0 Å². The Morgan fingerprint density at radius 1 is 1.53 bits per heavy atom. The smallest absolute Gasteiger partial charge is 0.293 e. The summed E-state index contributed by atoms with van der Waals surface area (Å²) in [5.41, 5.74) is -0.0770.